The molecule has 0 N–H and O–H groups in total. The summed E-state index contributed by atoms with van der Waals surface area (Å²) in [4.78, 5) is 1.62. The van der Waals surface area contributed by atoms with Crippen LogP contribution < -0.4 is 4.57 Å². The second kappa shape index (κ2) is 5.09. The van der Waals surface area contributed by atoms with E-state index in [1.165, 1.54) is 47.6 Å². The second-order valence-corrected chi connectivity index (χ2v) is 6.91. The molecule has 1 aliphatic carbocycles. The molecule has 0 atom stereocenters. The minimum Gasteiger partial charge on any atom is -0.152 e. The number of para-hydroxylation sites is 1. The number of rotatable bonds is 2. The summed E-state index contributed by atoms with van der Waals surface area (Å²) in [6.45, 7) is 6.75. The first-order valence-corrected chi connectivity index (χ1v) is 8.08. The number of hydrogen-bond acceptors (Lipinski definition) is 1. The van der Waals surface area contributed by atoms with Crippen LogP contribution in [0.2, 0.25) is 0 Å². The van der Waals surface area contributed by atoms with Crippen molar-refractivity contribution in [2.24, 2.45) is 0 Å². The van der Waals surface area contributed by atoms with Crippen LogP contribution in [0.3, 0.4) is 0 Å². The minimum atomic E-state index is 0.814. The van der Waals surface area contributed by atoms with Crippen molar-refractivity contribution < 1.29 is 4.57 Å². The molecule has 1 saturated carbocycles. The second-order valence-electron chi connectivity index (χ2n) is 5.67. The van der Waals surface area contributed by atoms with Crippen molar-refractivity contribution in [3.8, 4) is 5.69 Å². The molecule has 0 spiro atoms. The Labute approximate surface area is 119 Å². The quantitative estimate of drug-likeness (QED) is 0.703. The fourth-order valence-corrected chi connectivity index (χ4v) is 4.64. The molecule has 2 aromatic rings. The molecular weight excluding hydrogens is 250 g/mol. The van der Waals surface area contributed by atoms with E-state index >= 15 is 0 Å². The van der Waals surface area contributed by atoms with Crippen LogP contribution in [0.5, 0.6) is 0 Å². The first kappa shape index (κ1) is 12.9. The van der Waals surface area contributed by atoms with Crippen LogP contribution >= 0.6 is 11.3 Å². The molecule has 1 heterocycles. The topological polar surface area (TPSA) is 3.88 Å². The SMILES string of the molecule is Cc1ccccc1-[n+]1c(C)sc(C2CCCC2)c1C. The summed E-state index contributed by atoms with van der Waals surface area (Å²) in [6.07, 6.45) is 5.58. The molecule has 100 valence electrons. The van der Waals surface area contributed by atoms with Gasteiger partial charge >= 0.3 is 0 Å². The zero-order chi connectivity index (χ0) is 13.4. The van der Waals surface area contributed by atoms with E-state index in [1.807, 2.05) is 11.3 Å². The molecule has 19 heavy (non-hydrogen) atoms. The van der Waals surface area contributed by atoms with Crippen LogP contribution in [0.25, 0.3) is 5.69 Å². The lowest BCUT2D eigenvalue weighted by Crippen LogP contribution is -2.35. The monoisotopic (exact) mass is 272 g/mol. The van der Waals surface area contributed by atoms with E-state index < -0.39 is 0 Å². The third-order valence-electron chi connectivity index (χ3n) is 4.35. The van der Waals surface area contributed by atoms with Gasteiger partial charge in [-0.25, -0.2) is 0 Å². The van der Waals surface area contributed by atoms with Gasteiger partial charge in [0, 0.05) is 25.5 Å². The maximum atomic E-state index is 2.45. The Morgan fingerprint density at radius 2 is 1.74 bits per heavy atom. The third-order valence-corrected chi connectivity index (χ3v) is 5.67. The van der Waals surface area contributed by atoms with Crippen LogP contribution in [0.4, 0.5) is 0 Å². The van der Waals surface area contributed by atoms with Crippen molar-refractivity contribution >= 4 is 11.3 Å². The number of aryl methyl sites for hydroxylation is 2. The summed E-state index contributed by atoms with van der Waals surface area (Å²) in [5, 5.41) is 1.41. The van der Waals surface area contributed by atoms with E-state index in [4.69, 9.17) is 0 Å². The Hall–Kier alpha value is -1.15. The van der Waals surface area contributed by atoms with E-state index in [0.29, 0.717) is 0 Å². The maximum Gasteiger partial charge on any atom is 0.240 e. The molecule has 0 bridgehead atoms. The highest BCUT2D eigenvalue weighted by atomic mass is 32.1. The highest BCUT2D eigenvalue weighted by molar-refractivity contribution is 7.11. The van der Waals surface area contributed by atoms with Crippen molar-refractivity contribution in [3.63, 3.8) is 0 Å². The molecule has 3 rings (SSSR count). The van der Waals surface area contributed by atoms with E-state index in [2.05, 4.69) is 49.6 Å². The van der Waals surface area contributed by atoms with Crippen LogP contribution in [0.1, 0.15) is 52.7 Å². The van der Waals surface area contributed by atoms with Crippen molar-refractivity contribution in [1.82, 2.24) is 0 Å². The van der Waals surface area contributed by atoms with Gasteiger partial charge in [-0.15, -0.1) is 0 Å². The molecule has 2 heteroatoms. The summed E-state index contributed by atoms with van der Waals surface area (Å²) in [5.74, 6) is 0.814. The standard InChI is InChI=1S/C17H22NS/c1-12-8-4-7-11-16(12)18-13(2)17(19-14(18)3)15-9-5-6-10-15/h4,7-8,11,15H,5-6,9-10H2,1-3H3/q+1. The highest BCUT2D eigenvalue weighted by Gasteiger charge is 2.29. The molecular formula is C17H22NS+. The van der Waals surface area contributed by atoms with E-state index in [0.717, 1.165) is 5.92 Å². The van der Waals surface area contributed by atoms with Crippen molar-refractivity contribution in [2.75, 3.05) is 0 Å². The molecule has 1 aromatic carbocycles. The maximum absolute atomic E-state index is 2.45. The molecule has 0 radical (unpaired) electrons. The van der Waals surface area contributed by atoms with Crippen molar-refractivity contribution in [1.29, 1.82) is 0 Å². The summed E-state index contributed by atoms with van der Waals surface area (Å²) in [7, 11) is 0. The van der Waals surface area contributed by atoms with Crippen LogP contribution in [0.15, 0.2) is 24.3 Å². The van der Waals surface area contributed by atoms with Crippen LogP contribution in [-0.2, 0) is 0 Å². The first-order valence-electron chi connectivity index (χ1n) is 7.26. The molecule has 0 aliphatic heterocycles. The fraction of sp³-hybridized carbons (Fsp3) is 0.471. The molecule has 1 nitrogen and oxygen atoms in total. The van der Waals surface area contributed by atoms with Crippen molar-refractivity contribution in [2.45, 2.75) is 52.4 Å². The Morgan fingerprint density at radius 3 is 2.42 bits per heavy atom. The molecule has 1 fully saturated rings. The normalized spacial score (nSPS) is 16.2. The Kier molecular flexibility index (Phi) is 3.44. The van der Waals surface area contributed by atoms with Gasteiger partial charge in [-0.05, 0) is 25.7 Å². The van der Waals surface area contributed by atoms with Gasteiger partial charge in [0.15, 0.2) is 5.69 Å². The number of thiazole rings is 1. The molecule has 1 aliphatic rings. The molecule has 0 unspecified atom stereocenters. The van der Waals surface area contributed by atoms with Crippen molar-refractivity contribution in [3.05, 3.63) is 45.4 Å². The molecule has 0 amide bonds. The van der Waals surface area contributed by atoms with Gasteiger partial charge < -0.3 is 0 Å². The van der Waals surface area contributed by atoms with Gasteiger partial charge in [-0.3, -0.25) is 0 Å². The summed E-state index contributed by atoms with van der Waals surface area (Å²) in [6, 6.07) is 8.70. The van der Waals surface area contributed by atoms with Gasteiger partial charge in [0.2, 0.25) is 10.7 Å². The van der Waals surface area contributed by atoms with Gasteiger partial charge in [0.25, 0.3) is 0 Å². The number of hydrogen-bond donors (Lipinski definition) is 0. The van der Waals surface area contributed by atoms with Gasteiger partial charge in [0.05, 0.1) is 4.88 Å². The number of aromatic nitrogens is 1. The predicted octanol–water partition coefficient (Wildman–Crippen LogP) is 4.61. The van der Waals surface area contributed by atoms with Gasteiger partial charge in [0.1, 0.15) is 0 Å². The lowest BCUT2D eigenvalue weighted by atomic mass is 10.0. The Bertz CT molecular complexity index is 591. The van der Waals surface area contributed by atoms with Gasteiger partial charge in [-0.2, -0.15) is 4.57 Å². The van der Waals surface area contributed by atoms with E-state index in [1.54, 1.807) is 4.88 Å². The zero-order valence-electron chi connectivity index (χ0n) is 12.1. The lowest BCUT2D eigenvalue weighted by Gasteiger charge is -2.05. The summed E-state index contributed by atoms with van der Waals surface area (Å²) < 4.78 is 2.45. The first-order chi connectivity index (χ1) is 9.18. The predicted molar refractivity (Wildman–Crippen MR) is 81.3 cm³/mol. The highest BCUT2D eigenvalue weighted by Crippen LogP contribution is 2.38. The fourth-order valence-electron chi connectivity index (χ4n) is 3.36. The molecule has 0 saturated heterocycles. The smallest absolute Gasteiger partial charge is 0.152 e. The summed E-state index contributed by atoms with van der Waals surface area (Å²) in [5.41, 5.74) is 4.16. The number of benzene rings is 1. The van der Waals surface area contributed by atoms with E-state index in [9.17, 15) is 0 Å². The third kappa shape index (κ3) is 2.23. The minimum absolute atomic E-state index is 0.814. The zero-order valence-corrected chi connectivity index (χ0v) is 12.9. The van der Waals surface area contributed by atoms with Crippen LogP contribution in [-0.4, -0.2) is 0 Å². The largest absolute Gasteiger partial charge is 0.240 e. The molecule has 1 aromatic heterocycles. The Balaban J connectivity index is 2.10. The van der Waals surface area contributed by atoms with Crippen LogP contribution in [0, 0.1) is 20.8 Å². The lowest BCUT2D eigenvalue weighted by molar-refractivity contribution is -0.604. The average Bonchev–Trinajstić information content (AvgIpc) is 3.00. The number of nitrogens with zero attached hydrogens (tertiary/aromatic N) is 1. The average molecular weight is 272 g/mol. The van der Waals surface area contributed by atoms with E-state index in [-0.39, 0.29) is 0 Å². The summed E-state index contributed by atoms with van der Waals surface area (Å²) >= 11 is 2.00. The Morgan fingerprint density at radius 1 is 1.05 bits per heavy atom. The van der Waals surface area contributed by atoms with Gasteiger partial charge in [-0.1, -0.05) is 42.4 Å².